The molecular formula is C23H23FN4O5S. The van der Waals surface area contributed by atoms with Crippen molar-refractivity contribution in [2.45, 2.75) is 31.3 Å². The fraction of sp³-hybridized carbons (Fsp3) is 0.174. The first-order chi connectivity index (χ1) is 16.1. The molecule has 0 saturated carbocycles. The van der Waals surface area contributed by atoms with Crippen molar-refractivity contribution in [1.82, 2.24) is 15.0 Å². The number of rotatable bonds is 9. The molecule has 178 valence electrons. The van der Waals surface area contributed by atoms with Gasteiger partial charge in [0.05, 0.1) is 10.9 Å². The van der Waals surface area contributed by atoms with Crippen LogP contribution in [0.3, 0.4) is 0 Å². The van der Waals surface area contributed by atoms with Crippen LogP contribution in [0.2, 0.25) is 0 Å². The first kappa shape index (κ1) is 24.8. The van der Waals surface area contributed by atoms with Gasteiger partial charge in [0, 0.05) is 31.4 Å². The van der Waals surface area contributed by atoms with Gasteiger partial charge in [-0.3, -0.25) is 9.59 Å². The molecule has 0 aliphatic carbocycles. The van der Waals surface area contributed by atoms with Gasteiger partial charge in [-0.15, -0.1) is 0 Å². The molecule has 2 amide bonds. The molecular weight excluding hydrogens is 463 g/mol. The van der Waals surface area contributed by atoms with Gasteiger partial charge < -0.3 is 15.4 Å². The third kappa shape index (κ3) is 7.09. The summed E-state index contributed by atoms with van der Waals surface area (Å²) < 4.78 is 46.0. The van der Waals surface area contributed by atoms with Crippen LogP contribution in [0, 0.1) is 5.82 Å². The van der Waals surface area contributed by atoms with E-state index in [1.165, 1.54) is 68.6 Å². The Labute approximate surface area is 196 Å². The molecule has 0 aliphatic heterocycles. The maximum Gasteiger partial charge on any atom is 0.241 e. The minimum atomic E-state index is -3.96. The van der Waals surface area contributed by atoms with E-state index < -0.39 is 22.0 Å². The summed E-state index contributed by atoms with van der Waals surface area (Å²) in [5.74, 6) is -0.528. The van der Waals surface area contributed by atoms with Gasteiger partial charge in [-0.2, -0.15) is 4.72 Å². The molecule has 1 aromatic heterocycles. The highest BCUT2D eigenvalue weighted by Crippen LogP contribution is 2.20. The Morgan fingerprint density at radius 1 is 1.06 bits per heavy atom. The van der Waals surface area contributed by atoms with Gasteiger partial charge in [-0.1, -0.05) is 0 Å². The summed E-state index contributed by atoms with van der Waals surface area (Å²) in [5.41, 5.74) is 1.13. The quantitative estimate of drug-likeness (QED) is 0.427. The van der Waals surface area contributed by atoms with Crippen molar-refractivity contribution in [3.8, 4) is 11.6 Å². The maximum atomic E-state index is 13.0. The van der Waals surface area contributed by atoms with Crippen LogP contribution >= 0.6 is 0 Å². The number of ether oxygens (including phenoxy) is 1. The fourth-order valence-electron chi connectivity index (χ4n) is 2.86. The highest BCUT2D eigenvalue weighted by molar-refractivity contribution is 7.89. The molecule has 3 N–H and O–H groups in total. The van der Waals surface area contributed by atoms with E-state index in [0.29, 0.717) is 17.0 Å². The zero-order valence-corrected chi connectivity index (χ0v) is 19.2. The van der Waals surface area contributed by atoms with Crippen molar-refractivity contribution in [2.75, 3.05) is 5.32 Å². The number of hydrogen-bond acceptors (Lipinski definition) is 6. The van der Waals surface area contributed by atoms with Crippen LogP contribution in [0.4, 0.5) is 10.1 Å². The number of halogens is 1. The van der Waals surface area contributed by atoms with E-state index in [0.717, 1.165) is 0 Å². The Balaban J connectivity index is 1.56. The number of sulfonamides is 1. The molecule has 2 aromatic carbocycles. The number of nitrogens with one attached hydrogen (secondary N) is 3. The number of benzene rings is 2. The van der Waals surface area contributed by atoms with E-state index in [1.807, 2.05) is 0 Å². The first-order valence-corrected chi connectivity index (χ1v) is 11.7. The molecule has 0 unspecified atom stereocenters. The molecule has 9 nitrogen and oxygen atoms in total. The minimum Gasteiger partial charge on any atom is -0.439 e. The molecule has 0 spiro atoms. The number of carbonyl (C=O) groups excluding carboxylic acids is 2. The lowest BCUT2D eigenvalue weighted by Crippen LogP contribution is -2.44. The van der Waals surface area contributed by atoms with E-state index in [2.05, 4.69) is 20.3 Å². The second-order valence-corrected chi connectivity index (χ2v) is 9.04. The second kappa shape index (κ2) is 10.9. The summed E-state index contributed by atoms with van der Waals surface area (Å²) in [6.45, 7) is 2.88. The second-order valence-electron chi connectivity index (χ2n) is 7.32. The third-order valence-electron chi connectivity index (χ3n) is 4.51. The third-order valence-corrected chi connectivity index (χ3v) is 6.07. The Hall–Kier alpha value is -3.83. The molecule has 0 fully saturated rings. The van der Waals surface area contributed by atoms with Crippen LogP contribution in [0.5, 0.6) is 11.6 Å². The Bertz CT molecular complexity index is 1270. The van der Waals surface area contributed by atoms with E-state index in [1.54, 1.807) is 12.1 Å². The number of hydrogen-bond donors (Lipinski definition) is 3. The molecule has 0 bridgehead atoms. The summed E-state index contributed by atoms with van der Waals surface area (Å²) in [4.78, 5) is 27.6. The predicted octanol–water partition coefficient (Wildman–Crippen LogP) is 2.95. The highest BCUT2D eigenvalue weighted by atomic mass is 32.2. The van der Waals surface area contributed by atoms with Crippen molar-refractivity contribution in [1.29, 1.82) is 0 Å². The van der Waals surface area contributed by atoms with Crippen molar-refractivity contribution < 1.29 is 27.1 Å². The molecule has 3 aromatic rings. The molecule has 0 saturated heterocycles. The summed E-state index contributed by atoms with van der Waals surface area (Å²) in [5, 5.41) is 5.20. The number of pyridine rings is 1. The Kier molecular flexibility index (Phi) is 7.92. The van der Waals surface area contributed by atoms with Gasteiger partial charge in [-0.25, -0.2) is 17.8 Å². The zero-order chi connectivity index (χ0) is 24.7. The summed E-state index contributed by atoms with van der Waals surface area (Å²) in [7, 11) is -3.96. The predicted molar refractivity (Wildman–Crippen MR) is 123 cm³/mol. The highest BCUT2D eigenvalue weighted by Gasteiger charge is 2.22. The topological polar surface area (TPSA) is 126 Å². The van der Waals surface area contributed by atoms with Gasteiger partial charge >= 0.3 is 0 Å². The van der Waals surface area contributed by atoms with Crippen LogP contribution in [-0.4, -0.2) is 31.3 Å². The van der Waals surface area contributed by atoms with Crippen LogP contribution in [-0.2, 0) is 26.2 Å². The van der Waals surface area contributed by atoms with Gasteiger partial charge in [-0.05, 0) is 67.1 Å². The summed E-state index contributed by atoms with van der Waals surface area (Å²) in [6.07, 6.45) is 1.50. The standard InChI is InChI=1S/C23H23FN4O5S/c1-15(28-34(31,32)21-9-5-19(6-10-21)27-16(2)29)23(30)26-14-17-11-12-25-22(13-17)33-20-7-3-18(24)4-8-20/h3-13,15,28H,14H2,1-2H3,(H,26,30)(H,27,29)/t15-/m0/s1. The number of amides is 2. The van der Waals surface area contributed by atoms with Crippen molar-refractivity contribution >= 4 is 27.5 Å². The minimum absolute atomic E-state index is 0.0435. The zero-order valence-electron chi connectivity index (χ0n) is 18.4. The molecule has 1 atom stereocenters. The maximum absolute atomic E-state index is 13.0. The lowest BCUT2D eigenvalue weighted by atomic mass is 10.2. The number of aromatic nitrogens is 1. The van der Waals surface area contributed by atoms with Gasteiger partial charge in [0.25, 0.3) is 0 Å². The van der Waals surface area contributed by atoms with Crippen LogP contribution in [0.25, 0.3) is 0 Å². The smallest absolute Gasteiger partial charge is 0.241 e. The lowest BCUT2D eigenvalue weighted by Gasteiger charge is -2.15. The van der Waals surface area contributed by atoms with E-state index >= 15 is 0 Å². The normalized spacial score (nSPS) is 12.0. The number of nitrogens with zero attached hydrogens (tertiary/aromatic N) is 1. The van der Waals surface area contributed by atoms with Gasteiger partial charge in [0.2, 0.25) is 27.7 Å². The summed E-state index contributed by atoms with van der Waals surface area (Å²) >= 11 is 0. The number of carbonyl (C=O) groups is 2. The number of anilines is 1. The molecule has 0 aliphatic rings. The average Bonchev–Trinajstić information content (AvgIpc) is 2.79. The van der Waals surface area contributed by atoms with E-state index in [4.69, 9.17) is 4.74 Å². The van der Waals surface area contributed by atoms with Crippen LogP contribution in [0.1, 0.15) is 19.4 Å². The Morgan fingerprint density at radius 2 is 1.74 bits per heavy atom. The molecule has 1 heterocycles. The van der Waals surface area contributed by atoms with Gasteiger partial charge in [0.1, 0.15) is 11.6 Å². The van der Waals surface area contributed by atoms with Crippen LogP contribution in [0.15, 0.2) is 71.8 Å². The lowest BCUT2D eigenvalue weighted by molar-refractivity contribution is -0.122. The van der Waals surface area contributed by atoms with Crippen LogP contribution < -0.4 is 20.1 Å². The molecule has 3 rings (SSSR count). The summed E-state index contributed by atoms with van der Waals surface area (Å²) in [6, 6.07) is 13.3. The Morgan fingerprint density at radius 3 is 2.38 bits per heavy atom. The molecule has 0 radical (unpaired) electrons. The average molecular weight is 487 g/mol. The van der Waals surface area contributed by atoms with Crippen molar-refractivity contribution in [2.24, 2.45) is 0 Å². The largest absolute Gasteiger partial charge is 0.439 e. The SMILES string of the molecule is CC(=O)Nc1ccc(S(=O)(=O)N[C@@H](C)C(=O)NCc2ccnc(Oc3ccc(F)cc3)c2)cc1. The van der Waals surface area contributed by atoms with E-state index in [-0.39, 0.29) is 29.0 Å². The van der Waals surface area contributed by atoms with Crippen molar-refractivity contribution in [3.63, 3.8) is 0 Å². The fourth-order valence-corrected chi connectivity index (χ4v) is 4.06. The monoisotopic (exact) mass is 486 g/mol. The molecule has 11 heteroatoms. The molecule has 34 heavy (non-hydrogen) atoms. The van der Waals surface area contributed by atoms with Gasteiger partial charge in [0.15, 0.2) is 0 Å². The van der Waals surface area contributed by atoms with Crippen molar-refractivity contribution in [3.05, 3.63) is 78.2 Å². The first-order valence-electron chi connectivity index (χ1n) is 10.2. The van der Waals surface area contributed by atoms with E-state index in [9.17, 15) is 22.4 Å².